The Hall–Kier alpha value is -1.70. The maximum Gasteiger partial charge on any atom is 0.191 e. The Morgan fingerprint density at radius 3 is 2.21 bits per heavy atom. The normalized spacial score (nSPS) is 15.5. The van der Waals surface area contributed by atoms with Gasteiger partial charge in [0.05, 0.1) is 0 Å². The molecule has 0 unspecified atom stereocenters. The highest BCUT2D eigenvalue weighted by Gasteiger charge is 2.10. The van der Waals surface area contributed by atoms with Crippen LogP contribution in [0.5, 0.6) is 0 Å². The Morgan fingerprint density at radius 1 is 0.958 bits per heavy atom. The lowest BCUT2D eigenvalue weighted by molar-refractivity contribution is 0.428. The minimum Gasteiger partial charge on any atom is -0.370 e. The summed E-state index contributed by atoms with van der Waals surface area (Å²) in [6.07, 6.45) is 8.64. The molecule has 5 nitrogen and oxygen atoms in total. The van der Waals surface area contributed by atoms with Crippen LogP contribution < -0.4 is 5.73 Å². The van der Waals surface area contributed by atoms with Crippen molar-refractivity contribution < 1.29 is 0 Å². The van der Waals surface area contributed by atoms with Gasteiger partial charge >= 0.3 is 0 Å². The molecule has 0 spiro atoms. The second-order valence-corrected chi connectivity index (χ2v) is 5.83. The van der Waals surface area contributed by atoms with Gasteiger partial charge in [-0.3, -0.25) is 0 Å². The first-order valence-corrected chi connectivity index (χ1v) is 8.24. The Bertz CT molecular complexity index is 634. The number of benzene rings is 1. The molecule has 2 N–H and O–H groups in total. The van der Waals surface area contributed by atoms with Gasteiger partial charge in [0.15, 0.2) is 5.96 Å². The smallest absolute Gasteiger partial charge is 0.191 e. The Labute approximate surface area is 160 Å². The maximum absolute atomic E-state index is 6.11. The standard InChI is InChI=1S/C18H23N5.HI/c19-18(23-10-6-1-2-7-11-23)22-14-17-20-12-16(13-21-17)15-8-4-3-5-9-15;/h3-5,8-9,12-13H,1-2,6-7,10-11,14H2,(H2,19,22);1H. The van der Waals surface area contributed by atoms with Crippen molar-refractivity contribution in [1.82, 2.24) is 14.9 Å². The first-order valence-electron chi connectivity index (χ1n) is 8.24. The third-order valence-corrected chi connectivity index (χ3v) is 4.12. The van der Waals surface area contributed by atoms with Crippen LogP contribution in [0.4, 0.5) is 0 Å². The molecule has 3 rings (SSSR count). The van der Waals surface area contributed by atoms with E-state index in [0.29, 0.717) is 18.3 Å². The van der Waals surface area contributed by atoms with Gasteiger partial charge in [-0.05, 0) is 18.4 Å². The van der Waals surface area contributed by atoms with E-state index in [1.807, 2.05) is 42.7 Å². The molecule has 0 radical (unpaired) electrons. The molecular formula is C18H24IN5. The predicted molar refractivity (Wildman–Crippen MR) is 108 cm³/mol. The molecule has 1 fully saturated rings. The van der Waals surface area contributed by atoms with E-state index in [2.05, 4.69) is 19.9 Å². The Morgan fingerprint density at radius 2 is 1.58 bits per heavy atom. The van der Waals surface area contributed by atoms with Gasteiger partial charge in [-0.1, -0.05) is 43.2 Å². The van der Waals surface area contributed by atoms with Crippen molar-refractivity contribution >= 4 is 29.9 Å². The largest absolute Gasteiger partial charge is 0.370 e. The number of aromatic nitrogens is 2. The summed E-state index contributed by atoms with van der Waals surface area (Å²) in [4.78, 5) is 15.4. The minimum atomic E-state index is 0. The summed E-state index contributed by atoms with van der Waals surface area (Å²) in [5, 5.41) is 0. The number of rotatable bonds is 3. The first kappa shape index (κ1) is 18.6. The molecule has 0 atom stereocenters. The molecule has 0 bridgehead atoms. The first-order chi connectivity index (χ1) is 11.3. The molecule has 1 aliphatic heterocycles. The molecule has 0 amide bonds. The SMILES string of the molecule is I.NC(=NCc1ncc(-c2ccccc2)cn1)N1CCCCCC1. The highest BCUT2D eigenvalue weighted by Crippen LogP contribution is 2.16. The average Bonchev–Trinajstić information content (AvgIpc) is 2.90. The van der Waals surface area contributed by atoms with E-state index in [0.717, 1.165) is 24.2 Å². The van der Waals surface area contributed by atoms with E-state index in [9.17, 15) is 0 Å². The number of nitrogens with two attached hydrogens (primary N) is 1. The molecule has 1 aromatic carbocycles. The van der Waals surface area contributed by atoms with Crippen LogP contribution in [-0.4, -0.2) is 33.9 Å². The van der Waals surface area contributed by atoms with Crippen LogP contribution in [0.1, 0.15) is 31.5 Å². The molecule has 2 heterocycles. The van der Waals surface area contributed by atoms with Crippen LogP contribution in [0.25, 0.3) is 11.1 Å². The summed E-state index contributed by atoms with van der Waals surface area (Å²) in [7, 11) is 0. The molecule has 128 valence electrons. The Kier molecular flexibility index (Phi) is 7.42. The second kappa shape index (κ2) is 9.56. The number of aliphatic imine (C=N–C) groups is 1. The van der Waals surface area contributed by atoms with Crippen molar-refractivity contribution in [2.24, 2.45) is 10.7 Å². The number of nitrogens with zero attached hydrogens (tertiary/aromatic N) is 4. The van der Waals surface area contributed by atoms with E-state index in [1.54, 1.807) is 0 Å². The minimum absolute atomic E-state index is 0. The van der Waals surface area contributed by atoms with Crippen LogP contribution in [0.15, 0.2) is 47.7 Å². The summed E-state index contributed by atoms with van der Waals surface area (Å²) in [5.74, 6) is 1.31. The van der Waals surface area contributed by atoms with Crippen molar-refractivity contribution in [3.63, 3.8) is 0 Å². The topological polar surface area (TPSA) is 67.4 Å². The number of guanidine groups is 1. The summed E-state index contributed by atoms with van der Waals surface area (Å²) in [5.41, 5.74) is 8.24. The highest BCUT2D eigenvalue weighted by atomic mass is 127. The van der Waals surface area contributed by atoms with Gasteiger partial charge in [0.25, 0.3) is 0 Å². The zero-order valence-electron chi connectivity index (χ0n) is 13.8. The predicted octanol–water partition coefficient (Wildman–Crippen LogP) is 3.45. The number of hydrogen-bond donors (Lipinski definition) is 1. The molecule has 1 saturated heterocycles. The van der Waals surface area contributed by atoms with Gasteiger partial charge < -0.3 is 10.6 Å². The molecule has 0 saturated carbocycles. The molecule has 6 heteroatoms. The van der Waals surface area contributed by atoms with E-state index in [-0.39, 0.29) is 24.0 Å². The lowest BCUT2D eigenvalue weighted by atomic mass is 10.1. The quantitative estimate of drug-likeness (QED) is 0.454. The summed E-state index contributed by atoms with van der Waals surface area (Å²) < 4.78 is 0. The third-order valence-electron chi connectivity index (χ3n) is 4.12. The van der Waals surface area contributed by atoms with Gasteiger partial charge in [-0.15, -0.1) is 24.0 Å². The number of halogens is 1. The van der Waals surface area contributed by atoms with Crippen molar-refractivity contribution in [3.05, 3.63) is 48.5 Å². The van der Waals surface area contributed by atoms with Crippen LogP contribution in [0, 0.1) is 0 Å². The van der Waals surface area contributed by atoms with Crippen LogP contribution in [-0.2, 0) is 6.54 Å². The summed E-state index contributed by atoms with van der Waals surface area (Å²) in [6.45, 7) is 2.43. The van der Waals surface area contributed by atoms with Crippen LogP contribution in [0.2, 0.25) is 0 Å². The van der Waals surface area contributed by atoms with Crippen molar-refractivity contribution in [1.29, 1.82) is 0 Å². The summed E-state index contributed by atoms with van der Waals surface area (Å²) >= 11 is 0. The van der Waals surface area contributed by atoms with Gasteiger partial charge in [0.1, 0.15) is 12.4 Å². The zero-order valence-corrected chi connectivity index (χ0v) is 16.1. The van der Waals surface area contributed by atoms with Gasteiger partial charge in [-0.25, -0.2) is 15.0 Å². The zero-order chi connectivity index (χ0) is 15.9. The average molecular weight is 437 g/mol. The maximum atomic E-state index is 6.11. The van der Waals surface area contributed by atoms with Gasteiger partial charge in [0, 0.05) is 31.0 Å². The van der Waals surface area contributed by atoms with E-state index < -0.39 is 0 Å². The number of hydrogen-bond acceptors (Lipinski definition) is 3. The highest BCUT2D eigenvalue weighted by molar-refractivity contribution is 14.0. The molecule has 0 aliphatic carbocycles. The van der Waals surface area contributed by atoms with Crippen molar-refractivity contribution in [3.8, 4) is 11.1 Å². The third kappa shape index (κ3) is 5.15. The van der Waals surface area contributed by atoms with Crippen molar-refractivity contribution in [2.45, 2.75) is 32.2 Å². The van der Waals surface area contributed by atoms with Gasteiger partial charge in [-0.2, -0.15) is 0 Å². The lowest BCUT2D eigenvalue weighted by Crippen LogP contribution is -2.38. The van der Waals surface area contributed by atoms with Gasteiger partial charge in [0.2, 0.25) is 0 Å². The molecule has 2 aromatic rings. The lowest BCUT2D eigenvalue weighted by Gasteiger charge is -2.20. The number of likely N-dealkylation sites (tertiary alicyclic amines) is 1. The fraction of sp³-hybridized carbons (Fsp3) is 0.389. The second-order valence-electron chi connectivity index (χ2n) is 5.83. The summed E-state index contributed by atoms with van der Waals surface area (Å²) in [6, 6.07) is 10.1. The van der Waals surface area contributed by atoms with Crippen LogP contribution >= 0.6 is 24.0 Å². The molecular weight excluding hydrogens is 413 g/mol. The van der Waals surface area contributed by atoms with E-state index in [4.69, 9.17) is 5.73 Å². The van der Waals surface area contributed by atoms with Crippen LogP contribution in [0.3, 0.4) is 0 Å². The fourth-order valence-electron chi connectivity index (χ4n) is 2.77. The molecule has 1 aliphatic rings. The molecule has 24 heavy (non-hydrogen) atoms. The van der Waals surface area contributed by atoms with E-state index in [1.165, 1.54) is 25.7 Å². The monoisotopic (exact) mass is 437 g/mol. The Balaban J connectivity index is 0.00000208. The molecule has 1 aromatic heterocycles. The van der Waals surface area contributed by atoms with E-state index >= 15 is 0 Å². The fourth-order valence-corrected chi connectivity index (χ4v) is 2.77. The van der Waals surface area contributed by atoms with Crippen molar-refractivity contribution in [2.75, 3.05) is 13.1 Å².